The zero-order valence-corrected chi connectivity index (χ0v) is 9.22. The second kappa shape index (κ2) is 6.44. The minimum atomic E-state index is 0.673. The molecule has 2 heteroatoms. The van der Waals surface area contributed by atoms with E-state index in [9.17, 15) is 0 Å². The largest absolute Gasteiger partial charge is 0.319 e. The van der Waals surface area contributed by atoms with Crippen LogP contribution >= 0.6 is 0 Å². The maximum atomic E-state index is 3.20. The molecule has 12 heavy (non-hydrogen) atoms. The van der Waals surface area contributed by atoms with Crippen LogP contribution in [0.1, 0.15) is 27.2 Å². The van der Waals surface area contributed by atoms with Crippen molar-refractivity contribution in [2.24, 2.45) is 5.92 Å². The van der Waals surface area contributed by atoms with Gasteiger partial charge in [0.2, 0.25) is 0 Å². The molecule has 0 aliphatic rings. The summed E-state index contributed by atoms with van der Waals surface area (Å²) in [6.07, 6.45) is 1.29. The SMILES string of the molecule is CNCC(C)CCN(C)C(C)C. The van der Waals surface area contributed by atoms with Crippen molar-refractivity contribution in [3.8, 4) is 0 Å². The molecule has 2 nitrogen and oxygen atoms in total. The van der Waals surface area contributed by atoms with E-state index in [2.05, 4.69) is 38.0 Å². The summed E-state index contributed by atoms with van der Waals surface area (Å²) in [6, 6.07) is 0.673. The van der Waals surface area contributed by atoms with Crippen molar-refractivity contribution < 1.29 is 0 Å². The van der Waals surface area contributed by atoms with E-state index < -0.39 is 0 Å². The maximum Gasteiger partial charge on any atom is 0.00355 e. The molecule has 0 spiro atoms. The third-order valence-corrected chi connectivity index (χ3v) is 2.41. The molecule has 0 aromatic rings. The Hall–Kier alpha value is -0.0800. The summed E-state index contributed by atoms with van der Waals surface area (Å²) < 4.78 is 0. The van der Waals surface area contributed by atoms with Gasteiger partial charge in [0, 0.05) is 6.04 Å². The molecule has 1 atom stereocenters. The summed E-state index contributed by atoms with van der Waals surface area (Å²) >= 11 is 0. The fourth-order valence-corrected chi connectivity index (χ4v) is 1.13. The van der Waals surface area contributed by atoms with Gasteiger partial charge in [0.1, 0.15) is 0 Å². The molecule has 74 valence electrons. The van der Waals surface area contributed by atoms with Crippen molar-refractivity contribution in [2.45, 2.75) is 33.2 Å². The van der Waals surface area contributed by atoms with Gasteiger partial charge in [-0.05, 0) is 53.4 Å². The Morgan fingerprint density at radius 3 is 2.25 bits per heavy atom. The average molecular weight is 172 g/mol. The van der Waals surface area contributed by atoms with Gasteiger partial charge in [-0.15, -0.1) is 0 Å². The molecule has 0 saturated heterocycles. The lowest BCUT2D eigenvalue weighted by atomic mass is 10.1. The minimum Gasteiger partial charge on any atom is -0.319 e. The quantitative estimate of drug-likeness (QED) is 0.654. The van der Waals surface area contributed by atoms with Crippen LogP contribution in [0.3, 0.4) is 0 Å². The normalized spacial score (nSPS) is 14.2. The van der Waals surface area contributed by atoms with Crippen LogP contribution in [0.25, 0.3) is 0 Å². The van der Waals surface area contributed by atoms with Crippen molar-refractivity contribution in [3.05, 3.63) is 0 Å². The smallest absolute Gasteiger partial charge is 0.00355 e. The van der Waals surface area contributed by atoms with E-state index in [-0.39, 0.29) is 0 Å². The molecule has 0 saturated carbocycles. The highest BCUT2D eigenvalue weighted by Crippen LogP contribution is 2.03. The van der Waals surface area contributed by atoms with Crippen LogP contribution in [0, 0.1) is 5.92 Å². The highest BCUT2D eigenvalue weighted by molar-refractivity contribution is 4.61. The van der Waals surface area contributed by atoms with Crippen molar-refractivity contribution >= 4 is 0 Å². The fraction of sp³-hybridized carbons (Fsp3) is 1.00. The van der Waals surface area contributed by atoms with E-state index in [4.69, 9.17) is 0 Å². The Balaban J connectivity index is 3.40. The van der Waals surface area contributed by atoms with Crippen LogP contribution in [0.4, 0.5) is 0 Å². The van der Waals surface area contributed by atoms with Gasteiger partial charge in [-0.2, -0.15) is 0 Å². The molecular weight excluding hydrogens is 148 g/mol. The molecule has 0 rings (SSSR count). The van der Waals surface area contributed by atoms with Gasteiger partial charge >= 0.3 is 0 Å². The summed E-state index contributed by atoms with van der Waals surface area (Å²) in [5.41, 5.74) is 0. The summed E-state index contributed by atoms with van der Waals surface area (Å²) in [4.78, 5) is 2.40. The number of hydrogen-bond donors (Lipinski definition) is 1. The molecular formula is C10H24N2. The van der Waals surface area contributed by atoms with Gasteiger partial charge in [0.05, 0.1) is 0 Å². The first-order valence-electron chi connectivity index (χ1n) is 4.92. The standard InChI is InChI=1S/C10H24N2/c1-9(2)12(5)7-6-10(3)8-11-4/h9-11H,6-8H2,1-5H3. The number of nitrogens with one attached hydrogen (secondary N) is 1. The molecule has 0 radical (unpaired) electrons. The van der Waals surface area contributed by atoms with E-state index in [1.165, 1.54) is 13.0 Å². The third-order valence-electron chi connectivity index (χ3n) is 2.41. The van der Waals surface area contributed by atoms with Crippen LogP contribution in [0.15, 0.2) is 0 Å². The van der Waals surface area contributed by atoms with Crippen molar-refractivity contribution in [2.75, 3.05) is 27.2 Å². The molecule has 0 fully saturated rings. The lowest BCUT2D eigenvalue weighted by molar-refractivity contribution is 0.253. The second-order valence-corrected chi connectivity index (χ2v) is 4.03. The van der Waals surface area contributed by atoms with Crippen molar-refractivity contribution in [1.82, 2.24) is 10.2 Å². The van der Waals surface area contributed by atoms with E-state index in [0.717, 1.165) is 12.5 Å². The van der Waals surface area contributed by atoms with Crippen LogP contribution in [0.2, 0.25) is 0 Å². The van der Waals surface area contributed by atoms with Gasteiger partial charge in [0.25, 0.3) is 0 Å². The highest BCUT2D eigenvalue weighted by Gasteiger charge is 2.05. The van der Waals surface area contributed by atoms with Crippen molar-refractivity contribution in [3.63, 3.8) is 0 Å². The van der Waals surface area contributed by atoms with Crippen LogP contribution in [-0.2, 0) is 0 Å². The van der Waals surface area contributed by atoms with Gasteiger partial charge < -0.3 is 10.2 Å². The van der Waals surface area contributed by atoms with Crippen LogP contribution in [-0.4, -0.2) is 38.1 Å². The lowest BCUT2D eigenvalue weighted by Gasteiger charge is -2.22. The topological polar surface area (TPSA) is 15.3 Å². The summed E-state index contributed by atoms with van der Waals surface area (Å²) in [5, 5.41) is 3.20. The number of hydrogen-bond acceptors (Lipinski definition) is 2. The molecule has 1 N–H and O–H groups in total. The van der Waals surface area contributed by atoms with E-state index in [1.807, 2.05) is 7.05 Å². The molecule has 0 aromatic heterocycles. The molecule has 0 aromatic carbocycles. The Bertz CT molecular complexity index is 102. The number of nitrogens with zero attached hydrogens (tertiary/aromatic N) is 1. The zero-order chi connectivity index (χ0) is 9.56. The van der Waals surface area contributed by atoms with E-state index in [0.29, 0.717) is 6.04 Å². The molecule has 0 aliphatic heterocycles. The second-order valence-electron chi connectivity index (χ2n) is 4.03. The van der Waals surface area contributed by atoms with Gasteiger partial charge in [-0.25, -0.2) is 0 Å². The molecule has 0 bridgehead atoms. The lowest BCUT2D eigenvalue weighted by Crippen LogP contribution is -2.29. The molecule has 0 amide bonds. The van der Waals surface area contributed by atoms with E-state index >= 15 is 0 Å². The van der Waals surface area contributed by atoms with Gasteiger partial charge in [-0.1, -0.05) is 6.92 Å². The number of rotatable bonds is 6. The Kier molecular flexibility index (Phi) is 6.39. The molecule has 0 aliphatic carbocycles. The van der Waals surface area contributed by atoms with E-state index in [1.54, 1.807) is 0 Å². The minimum absolute atomic E-state index is 0.673. The first-order valence-corrected chi connectivity index (χ1v) is 4.92. The third kappa shape index (κ3) is 5.56. The fourth-order valence-electron chi connectivity index (χ4n) is 1.13. The summed E-state index contributed by atoms with van der Waals surface area (Å²) in [7, 11) is 4.21. The summed E-state index contributed by atoms with van der Waals surface area (Å²) in [6.45, 7) is 9.11. The maximum absolute atomic E-state index is 3.20. The van der Waals surface area contributed by atoms with Crippen LogP contribution in [0.5, 0.6) is 0 Å². The van der Waals surface area contributed by atoms with Gasteiger partial charge in [0.15, 0.2) is 0 Å². The molecule has 1 unspecified atom stereocenters. The zero-order valence-electron chi connectivity index (χ0n) is 9.22. The molecule has 0 heterocycles. The first kappa shape index (κ1) is 11.9. The highest BCUT2D eigenvalue weighted by atomic mass is 15.1. The monoisotopic (exact) mass is 172 g/mol. The first-order chi connectivity index (χ1) is 5.57. The Labute approximate surface area is 77.3 Å². The predicted molar refractivity (Wildman–Crippen MR) is 55.5 cm³/mol. The summed E-state index contributed by atoms with van der Waals surface area (Å²) in [5.74, 6) is 0.788. The Morgan fingerprint density at radius 1 is 1.25 bits per heavy atom. The average Bonchev–Trinajstić information content (AvgIpc) is 2.00. The van der Waals surface area contributed by atoms with Gasteiger partial charge in [-0.3, -0.25) is 0 Å². The van der Waals surface area contributed by atoms with Crippen molar-refractivity contribution in [1.29, 1.82) is 0 Å². The predicted octanol–water partition coefficient (Wildman–Crippen LogP) is 1.57. The van der Waals surface area contributed by atoms with Crippen LogP contribution < -0.4 is 5.32 Å². The Morgan fingerprint density at radius 2 is 1.83 bits per heavy atom.